The first kappa shape index (κ1) is 12.2. The number of ether oxygens (including phenoxy) is 1. The molecule has 0 heterocycles. The van der Waals surface area contributed by atoms with Gasteiger partial charge in [-0.15, -0.1) is 0 Å². The van der Waals surface area contributed by atoms with E-state index in [-0.39, 0.29) is 12.4 Å². The summed E-state index contributed by atoms with van der Waals surface area (Å²) in [6.07, 6.45) is 0.204. The summed E-state index contributed by atoms with van der Waals surface area (Å²) in [6.45, 7) is 2.12. The lowest BCUT2D eigenvalue weighted by molar-refractivity contribution is -0.139. The van der Waals surface area contributed by atoms with Crippen molar-refractivity contribution in [2.24, 2.45) is 5.73 Å². The Morgan fingerprint density at radius 3 is 2.75 bits per heavy atom. The van der Waals surface area contributed by atoms with Crippen LogP contribution in [0.5, 0.6) is 0 Å². The number of nitrogens with two attached hydrogens (primary N) is 1. The smallest absolute Gasteiger partial charge is 0.309 e. The lowest BCUT2D eigenvalue weighted by Gasteiger charge is -2.08. The number of methoxy groups -OCH3 is 1. The first-order valence-electron chi connectivity index (χ1n) is 4.91. The third-order valence-corrected chi connectivity index (χ3v) is 2.38. The highest BCUT2D eigenvalue weighted by molar-refractivity contribution is 5.72. The summed E-state index contributed by atoms with van der Waals surface area (Å²) in [7, 11) is 1.35. The molecule has 1 aromatic rings. The molecule has 16 heavy (non-hydrogen) atoms. The van der Waals surface area contributed by atoms with E-state index in [2.05, 4.69) is 10.8 Å². The van der Waals surface area contributed by atoms with Gasteiger partial charge in [0.2, 0.25) is 0 Å². The van der Waals surface area contributed by atoms with E-state index in [1.807, 2.05) is 13.0 Å². The van der Waals surface area contributed by atoms with Crippen LogP contribution in [0.3, 0.4) is 0 Å². The van der Waals surface area contributed by atoms with Gasteiger partial charge in [0.25, 0.3) is 0 Å². The molecule has 0 spiro atoms. The molecular formula is C12H14N2O2. The van der Waals surface area contributed by atoms with Crippen LogP contribution < -0.4 is 5.73 Å². The van der Waals surface area contributed by atoms with E-state index in [9.17, 15) is 4.79 Å². The summed E-state index contributed by atoms with van der Waals surface area (Å²) in [4.78, 5) is 11.1. The van der Waals surface area contributed by atoms with Gasteiger partial charge < -0.3 is 10.5 Å². The standard InChI is InChI=1S/C12H14N2O2/c1-8-3-9(5-12(15)16-2)4-10(6-13)11(8)7-14/h3-4H,5-6,13H2,1-2H3. The predicted molar refractivity (Wildman–Crippen MR) is 59.5 cm³/mol. The first-order valence-corrected chi connectivity index (χ1v) is 4.91. The van der Waals surface area contributed by atoms with E-state index >= 15 is 0 Å². The molecule has 0 radical (unpaired) electrons. The van der Waals surface area contributed by atoms with Gasteiger partial charge in [-0.25, -0.2) is 0 Å². The van der Waals surface area contributed by atoms with Gasteiger partial charge in [0.1, 0.15) is 0 Å². The van der Waals surface area contributed by atoms with Crippen LogP contribution in [0.15, 0.2) is 12.1 Å². The number of carbonyl (C=O) groups is 1. The van der Waals surface area contributed by atoms with E-state index in [0.29, 0.717) is 12.1 Å². The minimum Gasteiger partial charge on any atom is -0.469 e. The highest BCUT2D eigenvalue weighted by Gasteiger charge is 2.09. The average Bonchev–Trinajstić information content (AvgIpc) is 2.28. The summed E-state index contributed by atoms with van der Waals surface area (Å²) >= 11 is 0. The number of benzene rings is 1. The largest absolute Gasteiger partial charge is 0.469 e. The van der Waals surface area contributed by atoms with E-state index < -0.39 is 0 Å². The van der Waals surface area contributed by atoms with Crippen molar-refractivity contribution in [3.63, 3.8) is 0 Å². The van der Waals surface area contributed by atoms with Crippen LogP contribution in [-0.4, -0.2) is 13.1 Å². The summed E-state index contributed by atoms with van der Waals surface area (Å²) in [5.41, 5.74) is 8.58. The number of aryl methyl sites for hydroxylation is 1. The Bertz CT molecular complexity index is 447. The molecule has 4 heteroatoms. The van der Waals surface area contributed by atoms with Crippen LogP contribution >= 0.6 is 0 Å². The molecule has 0 atom stereocenters. The van der Waals surface area contributed by atoms with Crippen molar-refractivity contribution in [2.45, 2.75) is 19.9 Å². The second kappa shape index (κ2) is 5.29. The van der Waals surface area contributed by atoms with Crippen LogP contribution in [0.2, 0.25) is 0 Å². The van der Waals surface area contributed by atoms with Crippen LogP contribution in [0.1, 0.15) is 22.3 Å². The molecule has 84 valence electrons. The van der Waals surface area contributed by atoms with Crippen molar-refractivity contribution >= 4 is 5.97 Å². The van der Waals surface area contributed by atoms with Crippen LogP contribution in [0.4, 0.5) is 0 Å². The lowest BCUT2D eigenvalue weighted by atomic mass is 9.98. The van der Waals surface area contributed by atoms with E-state index in [1.165, 1.54) is 7.11 Å². The van der Waals surface area contributed by atoms with E-state index in [4.69, 9.17) is 11.0 Å². The number of esters is 1. The minimum atomic E-state index is -0.299. The fourth-order valence-corrected chi connectivity index (χ4v) is 1.60. The number of nitriles is 1. The van der Waals surface area contributed by atoms with Gasteiger partial charge in [-0.05, 0) is 23.6 Å². The van der Waals surface area contributed by atoms with Crippen LogP contribution in [-0.2, 0) is 22.5 Å². The zero-order valence-corrected chi connectivity index (χ0v) is 9.41. The molecule has 0 aliphatic rings. The van der Waals surface area contributed by atoms with Crippen LogP contribution in [0, 0.1) is 18.3 Å². The molecule has 0 saturated carbocycles. The van der Waals surface area contributed by atoms with Crippen LogP contribution in [0.25, 0.3) is 0 Å². The predicted octanol–water partition coefficient (Wildman–Crippen LogP) is 1.04. The maximum Gasteiger partial charge on any atom is 0.309 e. The fraction of sp³-hybridized carbons (Fsp3) is 0.333. The molecule has 0 aliphatic carbocycles. The topological polar surface area (TPSA) is 76.1 Å². The zero-order valence-electron chi connectivity index (χ0n) is 9.41. The molecule has 4 nitrogen and oxygen atoms in total. The Labute approximate surface area is 94.6 Å². The highest BCUT2D eigenvalue weighted by atomic mass is 16.5. The molecule has 1 aromatic carbocycles. The van der Waals surface area contributed by atoms with Crippen molar-refractivity contribution in [1.82, 2.24) is 0 Å². The molecule has 0 unspecified atom stereocenters. The molecule has 0 saturated heterocycles. The van der Waals surface area contributed by atoms with Gasteiger partial charge in [-0.3, -0.25) is 4.79 Å². The van der Waals surface area contributed by atoms with Crippen molar-refractivity contribution in [3.8, 4) is 6.07 Å². The molecule has 0 aromatic heterocycles. The molecule has 0 fully saturated rings. The monoisotopic (exact) mass is 218 g/mol. The summed E-state index contributed by atoms with van der Waals surface area (Å²) in [5, 5.41) is 8.95. The molecular weight excluding hydrogens is 204 g/mol. The van der Waals surface area contributed by atoms with Crippen molar-refractivity contribution in [3.05, 3.63) is 34.4 Å². The number of carbonyl (C=O) groups excluding carboxylic acids is 1. The Morgan fingerprint density at radius 2 is 2.25 bits per heavy atom. The van der Waals surface area contributed by atoms with Gasteiger partial charge in [-0.1, -0.05) is 12.1 Å². The average molecular weight is 218 g/mol. The van der Waals surface area contributed by atoms with Crippen molar-refractivity contribution in [1.29, 1.82) is 5.26 Å². The van der Waals surface area contributed by atoms with Gasteiger partial charge >= 0.3 is 5.97 Å². The molecule has 0 amide bonds. The summed E-state index contributed by atoms with van der Waals surface area (Å²) < 4.78 is 4.59. The first-order chi connectivity index (χ1) is 7.62. The number of hydrogen-bond acceptors (Lipinski definition) is 4. The molecule has 0 aliphatic heterocycles. The third-order valence-electron chi connectivity index (χ3n) is 2.38. The summed E-state index contributed by atoms with van der Waals surface area (Å²) in [6, 6.07) is 5.71. The molecule has 0 bridgehead atoms. The molecule has 1 rings (SSSR count). The third kappa shape index (κ3) is 2.59. The second-order valence-electron chi connectivity index (χ2n) is 3.52. The van der Waals surface area contributed by atoms with Gasteiger partial charge in [0.15, 0.2) is 0 Å². The Hall–Kier alpha value is -1.86. The number of rotatable bonds is 3. The van der Waals surface area contributed by atoms with Gasteiger partial charge in [0, 0.05) is 6.54 Å². The zero-order chi connectivity index (χ0) is 12.1. The van der Waals surface area contributed by atoms with Crippen molar-refractivity contribution < 1.29 is 9.53 Å². The quantitative estimate of drug-likeness (QED) is 0.769. The van der Waals surface area contributed by atoms with Gasteiger partial charge in [0.05, 0.1) is 25.2 Å². The lowest BCUT2D eigenvalue weighted by Crippen LogP contribution is -2.08. The van der Waals surface area contributed by atoms with E-state index in [1.54, 1.807) is 6.07 Å². The maximum atomic E-state index is 11.1. The second-order valence-corrected chi connectivity index (χ2v) is 3.52. The van der Waals surface area contributed by atoms with E-state index in [0.717, 1.165) is 16.7 Å². The van der Waals surface area contributed by atoms with Gasteiger partial charge in [-0.2, -0.15) is 5.26 Å². The fourth-order valence-electron chi connectivity index (χ4n) is 1.60. The Balaban J connectivity index is 3.11. The van der Waals surface area contributed by atoms with Crippen molar-refractivity contribution in [2.75, 3.05) is 7.11 Å². The molecule has 2 N–H and O–H groups in total. The Morgan fingerprint density at radius 1 is 1.56 bits per heavy atom. The maximum absolute atomic E-state index is 11.1. The Kier molecular flexibility index (Phi) is 4.03. The summed E-state index contributed by atoms with van der Waals surface area (Å²) in [5.74, 6) is -0.299. The normalized spacial score (nSPS) is 9.62. The minimum absolute atomic E-state index is 0.204. The number of nitrogens with zero attached hydrogens (tertiary/aromatic N) is 1. The SMILES string of the molecule is COC(=O)Cc1cc(C)c(C#N)c(CN)c1. The number of hydrogen-bond donors (Lipinski definition) is 1. The highest BCUT2D eigenvalue weighted by Crippen LogP contribution is 2.16.